The Balaban J connectivity index is 1.24. The van der Waals surface area contributed by atoms with E-state index in [9.17, 15) is 0 Å². The van der Waals surface area contributed by atoms with Crippen LogP contribution in [0.15, 0.2) is 212 Å². The molecule has 0 unspecified atom stereocenters. The maximum absolute atomic E-state index is 2.62. The molecular weight excluding hydrogens is 711 g/mol. The van der Waals surface area contributed by atoms with Crippen LogP contribution in [0.1, 0.15) is 47.2 Å². The lowest BCUT2D eigenvalue weighted by atomic mass is 9.69. The van der Waals surface area contributed by atoms with Gasteiger partial charge in [-0.1, -0.05) is 196 Å². The Kier molecular flexibility index (Phi) is 7.26. The number of benzene rings is 9. The van der Waals surface area contributed by atoms with Crippen molar-refractivity contribution in [3.8, 4) is 55.6 Å². The van der Waals surface area contributed by atoms with E-state index in [1.54, 1.807) is 0 Å². The largest absolute Gasteiger partial charge is 0.309 e. The van der Waals surface area contributed by atoms with Gasteiger partial charge in [0.2, 0.25) is 0 Å². The van der Waals surface area contributed by atoms with Crippen LogP contribution < -0.4 is 4.90 Å². The maximum atomic E-state index is 2.62. The predicted octanol–water partition coefficient (Wildman–Crippen LogP) is 15.1. The molecule has 0 bridgehead atoms. The molecule has 3 aliphatic carbocycles. The number of rotatable bonds is 5. The number of para-hydroxylation sites is 1. The highest BCUT2D eigenvalue weighted by Gasteiger charge is 2.54. The van der Waals surface area contributed by atoms with Crippen LogP contribution in [0.3, 0.4) is 0 Å². The van der Waals surface area contributed by atoms with E-state index in [0.29, 0.717) is 0 Å². The summed E-state index contributed by atoms with van der Waals surface area (Å²) in [5.74, 6) is 0. The van der Waals surface area contributed by atoms with Crippen LogP contribution in [0.25, 0.3) is 55.6 Å². The summed E-state index contributed by atoms with van der Waals surface area (Å²) in [5, 5.41) is 0. The zero-order valence-electron chi connectivity index (χ0n) is 33.2. The summed E-state index contributed by atoms with van der Waals surface area (Å²) in [6.07, 6.45) is 0. The van der Waals surface area contributed by atoms with E-state index in [1.165, 1.54) is 94.7 Å². The molecule has 9 aromatic rings. The fourth-order valence-electron chi connectivity index (χ4n) is 10.9. The molecular formula is C58H41N. The maximum Gasteiger partial charge on any atom is 0.0726 e. The number of nitrogens with zero attached hydrogens (tertiary/aromatic N) is 1. The van der Waals surface area contributed by atoms with Gasteiger partial charge in [0, 0.05) is 27.9 Å². The molecule has 59 heavy (non-hydrogen) atoms. The van der Waals surface area contributed by atoms with Crippen LogP contribution in [0.2, 0.25) is 0 Å². The number of hydrogen-bond acceptors (Lipinski definition) is 1. The third-order valence-corrected chi connectivity index (χ3v) is 13.5. The van der Waals surface area contributed by atoms with E-state index in [-0.39, 0.29) is 5.41 Å². The molecule has 0 saturated carbocycles. The summed E-state index contributed by atoms with van der Waals surface area (Å²) in [5.41, 5.74) is 23.6. The molecule has 0 saturated heterocycles. The molecule has 0 aliphatic heterocycles. The second-order valence-corrected chi connectivity index (χ2v) is 16.8. The molecule has 0 radical (unpaired) electrons. The molecule has 12 rings (SSSR count). The summed E-state index contributed by atoms with van der Waals surface area (Å²) >= 11 is 0. The van der Waals surface area contributed by atoms with Crippen molar-refractivity contribution in [2.24, 2.45) is 0 Å². The second kappa shape index (κ2) is 12.6. The van der Waals surface area contributed by atoms with Crippen molar-refractivity contribution in [1.82, 2.24) is 0 Å². The molecule has 0 atom stereocenters. The molecule has 1 heteroatoms. The third-order valence-electron chi connectivity index (χ3n) is 13.5. The summed E-state index contributed by atoms with van der Waals surface area (Å²) in [4.78, 5) is 2.56. The van der Waals surface area contributed by atoms with E-state index in [1.807, 2.05) is 0 Å². The Labute approximate surface area is 346 Å². The average molecular weight is 752 g/mol. The van der Waals surface area contributed by atoms with Gasteiger partial charge in [-0.2, -0.15) is 0 Å². The minimum Gasteiger partial charge on any atom is -0.309 e. The second-order valence-electron chi connectivity index (χ2n) is 16.8. The first-order valence-corrected chi connectivity index (χ1v) is 20.8. The molecule has 9 aromatic carbocycles. The molecule has 0 aromatic heterocycles. The zero-order valence-corrected chi connectivity index (χ0v) is 33.2. The van der Waals surface area contributed by atoms with Gasteiger partial charge in [0.15, 0.2) is 0 Å². The van der Waals surface area contributed by atoms with E-state index in [4.69, 9.17) is 0 Å². The van der Waals surface area contributed by atoms with Crippen molar-refractivity contribution < 1.29 is 0 Å². The van der Waals surface area contributed by atoms with Gasteiger partial charge in [-0.25, -0.2) is 0 Å². The average Bonchev–Trinajstić information content (AvgIpc) is 3.86. The van der Waals surface area contributed by atoms with Crippen molar-refractivity contribution in [2.45, 2.75) is 24.7 Å². The first-order chi connectivity index (χ1) is 29.0. The Morgan fingerprint density at radius 3 is 1.36 bits per heavy atom. The van der Waals surface area contributed by atoms with Crippen molar-refractivity contribution in [1.29, 1.82) is 0 Å². The van der Waals surface area contributed by atoms with Crippen molar-refractivity contribution in [2.75, 3.05) is 4.90 Å². The van der Waals surface area contributed by atoms with Gasteiger partial charge >= 0.3 is 0 Å². The summed E-state index contributed by atoms with van der Waals surface area (Å²) < 4.78 is 0. The van der Waals surface area contributed by atoms with Gasteiger partial charge in [0.05, 0.1) is 11.1 Å². The SMILES string of the molecule is CC1(C)c2ccc(-c3ccccc3)cc2-c2c1cc1c(c2N(c2ccccc2)c2ccc(-c3ccccc3)cc2)-c2ccccc2C12c1ccccc1-c1ccccc12. The minimum atomic E-state index is -0.484. The molecule has 0 heterocycles. The summed E-state index contributed by atoms with van der Waals surface area (Å²) in [7, 11) is 0. The number of hydrogen-bond donors (Lipinski definition) is 0. The lowest BCUT2D eigenvalue weighted by Crippen LogP contribution is -2.27. The van der Waals surface area contributed by atoms with Crippen LogP contribution in [0.5, 0.6) is 0 Å². The Hall–Kier alpha value is -7.22. The van der Waals surface area contributed by atoms with Gasteiger partial charge in [0.1, 0.15) is 0 Å². The molecule has 0 amide bonds. The molecule has 1 spiro atoms. The van der Waals surface area contributed by atoms with Crippen LogP contribution >= 0.6 is 0 Å². The van der Waals surface area contributed by atoms with Crippen molar-refractivity contribution >= 4 is 17.1 Å². The Morgan fingerprint density at radius 1 is 0.305 bits per heavy atom. The number of fused-ring (bicyclic) bond motifs is 13. The minimum absolute atomic E-state index is 0.267. The molecule has 3 aliphatic rings. The summed E-state index contributed by atoms with van der Waals surface area (Å²) in [6, 6.07) is 79.1. The number of anilines is 3. The van der Waals surface area contributed by atoms with E-state index >= 15 is 0 Å². The molecule has 278 valence electrons. The van der Waals surface area contributed by atoms with E-state index in [2.05, 4.69) is 231 Å². The van der Waals surface area contributed by atoms with Crippen molar-refractivity contribution in [3.05, 3.63) is 246 Å². The topological polar surface area (TPSA) is 3.24 Å². The van der Waals surface area contributed by atoms with Crippen LogP contribution in [0.4, 0.5) is 17.1 Å². The third kappa shape index (κ3) is 4.67. The monoisotopic (exact) mass is 751 g/mol. The Bertz CT molecular complexity index is 3060. The van der Waals surface area contributed by atoms with Crippen LogP contribution in [0, 0.1) is 0 Å². The zero-order chi connectivity index (χ0) is 39.3. The van der Waals surface area contributed by atoms with Gasteiger partial charge < -0.3 is 4.90 Å². The molecule has 0 fully saturated rings. The van der Waals surface area contributed by atoms with Gasteiger partial charge in [0.25, 0.3) is 0 Å². The van der Waals surface area contributed by atoms with Gasteiger partial charge in [-0.05, 0) is 108 Å². The smallest absolute Gasteiger partial charge is 0.0726 e. The first kappa shape index (κ1) is 33.9. The quantitative estimate of drug-likeness (QED) is 0.169. The lowest BCUT2D eigenvalue weighted by molar-refractivity contribution is 0.657. The molecule has 1 nitrogen and oxygen atoms in total. The highest BCUT2D eigenvalue weighted by Crippen LogP contribution is 2.68. The van der Waals surface area contributed by atoms with E-state index in [0.717, 1.165) is 11.4 Å². The summed E-state index contributed by atoms with van der Waals surface area (Å²) in [6.45, 7) is 4.87. The normalized spacial score (nSPS) is 14.2. The standard InChI is InChI=1S/C58H41N/c1-57(2)48-35-32-41(39-20-8-4-9-21-39)36-47(48)55-52(57)37-53-54(46-26-14-17-29-51(46)58(53)49-27-15-12-24-44(49)45-25-13-16-28-50(45)58)56(55)59(42-22-10-5-11-23-42)43-33-30-40(31-34-43)38-18-6-3-7-19-38/h3-37H,1-2H3. The Morgan fingerprint density at radius 2 is 0.746 bits per heavy atom. The van der Waals surface area contributed by atoms with Crippen LogP contribution in [-0.2, 0) is 10.8 Å². The van der Waals surface area contributed by atoms with Gasteiger partial charge in [-0.15, -0.1) is 0 Å². The van der Waals surface area contributed by atoms with Crippen molar-refractivity contribution in [3.63, 3.8) is 0 Å². The fraction of sp³-hybridized carbons (Fsp3) is 0.0690. The lowest BCUT2D eigenvalue weighted by Gasteiger charge is -2.34. The highest BCUT2D eigenvalue weighted by molar-refractivity contribution is 6.09. The van der Waals surface area contributed by atoms with Gasteiger partial charge in [-0.3, -0.25) is 0 Å². The predicted molar refractivity (Wildman–Crippen MR) is 246 cm³/mol. The fourth-order valence-corrected chi connectivity index (χ4v) is 10.9. The highest BCUT2D eigenvalue weighted by atomic mass is 15.1. The molecule has 0 N–H and O–H groups in total. The first-order valence-electron chi connectivity index (χ1n) is 20.8. The van der Waals surface area contributed by atoms with E-state index < -0.39 is 5.41 Å². The van der Waals surface area contributed by atoms with Crippen LogP contribution in [-0.4, -0.2) is 0 Å².